The summed E-state index contributed by atoms with van der Waals surface area (Å²) in [4.78, 5) is 2.30. The minimum Gasteiger partial charge on any atom is -0.454 e. The molecule has 0 radical (unpaired) electrons. The second-order valence-corrected chi connectivity index (χ2v) is 10.5. The highest BCUT2D eigenvalue weighted by atomic mass is 16.5. The summed E-state index contributed by atoms with van der Waals surface area (Å²) in [6, 6.07) is 57.7. The molecule has 0 unspecified atom stereocenters. The number of hydrogen-bond acceptors (Lipinski definition) is 2. The number of para-hydroxylation sites is 3. The van der Waals surface area contributed by atoms with Gasteiger partial charge in [-0.25, -0.2) is 0 Å². The molecule has 198 valence electrons. The van der Waals surface area contributed by atoms with Crippen LogP contribution in [0.2, 0.25) is 0 Å². The number of anilines is 3. The summed E-state index contributed by atoms with van der Waals surface area (Å²) in [7, 11) is 0. The van der Waals surface area contributed by atoms with E-state index >= 15 is 0 Å². The van der Waals surface area contributed by atoms with Gasteiger partial charge in [-0.3, -0.25) is 0 Å². The zero-order valence-electron chi connectivity index (χ0n) is 22.9. The number of ether oxygens (including phenoxy) is 1. The molecular weight excluding hydrogens is 510 g/mol. The lowest BCUT2D eigenvalue weighted by atomic mass is 9.89. The van der Waals surface area contributed by atoms with Crippen LogP contribution in [0.5, 0.6) is 11.5 Å². The molecule has 42 heavy (non-hydrogen) atoms. The van der Waals surface area contributed by atoms with E-state index in [0.717, 1.165) is 39.7 Å². The fourth-order valence-corrected chi connectivity index (χ4v) is 6.12. The predicted octanol–water partition coefficient (Wildman–Crippen LogP) is 11.4. The highest BCUT2D eigenvalue weighted by molar-refractivity contribution is 6.08. The molecule has 0 saturated carbocycles. The van der Waals surface area contributed by atoms with Gasteiger partial charge in [0.15, 0.2) is 5.75 Å². The van der Waals surface area contributed by atoms with E-state index in [1.54, 1.807) is 0 Å². The minimum atomic E-state index is 0.844. The van der Waals surface area contributed by atoms with Crippen LogP contribution in [0.3, 0.4) is 0 Å². The highest BCUT2D eigenvalue weighted by Gasteiger charge is 2.27. The number of benzene rings is 7. The third kappa shape index (κ3) is 4.05. The Morgan fingerprint density at radius 1 is 0.405 bits per heavy atom. The van der Waals surface area contributed by atoms with Crippen molar-refractivity contribution < 1.29 is 4.74 Å². The quantitative estimate of drug-likeness (QED) is 0.221. The van der Waals surface area contributed by atoms with Gasteiger partial charge in [0.25, 0.3) is 0 Å². The summed E-state index contributed by atoms with van der Waals surface area (Å²) >= 11 is 0. The third-order valence-corrected chi connectivity index (χ3v) is 8.07. The monoisotopic (exact) mass is 537 g/mol. The van der Waals surface area contributed by atoms with Gasteiger partial charge in [0.1, 0.15) is 5.75 Å². The summed E-state index contributed by atoms with van der Waals surface area (Å²) in [5.74, 6) is 1.70. The average Bonchev–Trinajstić information content (AvgIpc) is 3.21. The van der Waals surface area contributed by atoms with Crippen molar-refractivity contribution in [2.24, 2.45) is 0 Å². The molecule has 8 rings (SSSR count). The van der Waals surface area contributed by atoms with E-state index in [9.17, 15) is 0 Å². The molecule has 2 heteroatoms. The fraction of sp³-hybridized carbons (Fsp3) is 0. The van der Waals surface area contributed by atoms with Crippen LogP contribution >= 0.6 is 0 Å². The van der Waals surface area contributed by atoms with E-state index in [4.69, 9.17) is 4.74 Å². The first-order valence-corrected chi connectivity index (χ1v) is 14.3. The highest BCUT2D eigenvalue weighted by Crippen LogP contribution is 2.54. The van der Waals surface area contributed by atoms with Gasteiger partial charge < -0.3 is 9.64 Å². The van der Waals surface area contributed by atoms with Gasteiger partial charge in [0.05, 0.1) is 5.69 Å². The zero-order chi connectivity index (χ0) is 27.9. The van der Waals surface area contributed by atoms with Crippen molar-refractivity contribution in [3.63, 3.8) is 0 Å². The Hall–Kier alpha value is -5.60. The van der Waals surface area contributed by atoms with Crippen molar-refractivity contribution in [3.8, 4) is 44.9 Å². The second-order valence-electron chi connectivity index (χ2n) is 10.5. The summed E-state index contributed by atoms with van der Waals surface area (Å²) in [5, 5.41) is 2.43. The Bertz CT molecular complexity index is 2050. The summed E-state index contributed by atoms with van der Waals surface area (Å²) < 4.78 is 6.94. The van der Waals surface area contributed by atoms with E-state index in [0.29, 0.717) is 0 Å². The van der Waals surface area contributed by atoms with Crippen molar-refractivity contribution in [1.82, 2.24) is 0 Å². The molecule has 0 fully saturated rings. The molecule has 0 aromatic heterocycles. The van der Waals surface area contributed by atoms with Crippen LogP contribution in [0.25, 0.3) is 44.2 Å². The van der Waals surface area contributed by atoms with Crippen LogP contribution < -0.4 is 9.64 Å². The molecule has 0 saturated heterocycles. The first-order chi connectivity index (χ1) is 20.8. The lowest BCUT2D eigenvalue weighted by Crippen LogP contribution is -2.11. The van der Waals surface area contributed by atoms with Gasteiger partial charge in [-0.2, -0.15) is 0 Å². The maximum absolute atomic E-state index is 6.94. The standard InChI is InChI=1S/C40H27NO/c1-3-12-28(13-4-1)29-22-25-32(26-23-29)41(31-15-5-2-6-16-31)37-20-11-19-36-39-33-17-8-7-14-30(33)24-27-35(39)34-18-9-10-21-38(34)42-40(36)37/h1-27H. The third-order valence-electron chi connectivity index (χ3n) is 8.07. The molecule has 0 amide bonds. The number of rotatable bonds is 4. The Labute approximate surface area is 245 Å². The van der Waals surface area contributed by atoms with Gasteiger partial charge in [-0.1, -0.05) is 127 Å². The predicted molar refractivity (Wildman–Crippen MR) is 175 cm³/mol. The molecule has 1 heterocycles. The lowest BCUT2D eigenvalue weighted by molar-refractivity contribution is 0.489. The smallest absolute Gasteiger partial charge is 0.159 e. The van der Waals surface area contributed by atoms with Gasteiger partial charge in [-0.15, -0.1) is 0 Å². The minimum absolute atomic E-state index is 0.844. The molecule has 7 aromatic rings. The first-order valence-electron chi connectivity index (χ1n) is 14.3. The van der Waals surface area contributed by atoms with E-state index in [2.05, 4.69) is 163 Å². The molecular formula is C40H27NO. The van der Waals surface area contributed by atoms with E-state index in [1.165, 1.54) is 33.0 Å². The van der Waals surface area contributed by atoms with Crippen LogP contribution in [0.1, 0.15) is 0 Å². The van der Waals surface area contributed by atoms with Crippen molar-refractivity contribution in [1.29, 1.82) is 0 Å². The van der Waals surface area contributed by atoms with Gasteiger partial charge in [-0.05, 0) is 63.9 Å². The number of hydrogen-bond donors (Lipinski definition) is 0. The van der Waals surface area contributed by atoms with E-state index in [1.807, 2.05) is 6.07 Å². The lowest BCUT2D eigenvalue weighted by Gasteiger charge is -2.28. The first kappa shape index (κ1) is 24.2. The van der Waals surface area contributed by atoms with Gasteiger partial charge >= 0.3 is 0 Å². The molecule has 0 N–H and O–H groups in total. The van der Waals surface area contributed by atoms with Gasteiger partial charge in [0.2, 0.25) is 0 Å². The number of fused-ring (bicyclic) bond motifs is 7. The van der Waals surface area contributed by atoms with Crippen molar-refractivity contribution >= 4 is 27.8 Å². The Morgan fingerprint density at radius 3 is 1.88 bits per heavy atom. The van der Waals surface area contributed by atoms with E-state index < -0.39 is 0 Å². The summed E-state index contributed by atoms with van der Waals surface area (Å²) in [5.41, 5.74) is 10.1. The van der Waals surface area contributed by atoms with Crippen molar-refractivity contribution in [3.05, 3.63) is 164 Å². The summed E-state index contributed by atoms with van der Waals surface area (Å²) in [6.07, 6.45) is 0. The molecule has 0 spiro atoms. The van der Waals surface area contributed by atoms with Crippen molar-refractivity contribution in [2.45, 2.75) is 0 Å². The van der Waals surface area contributed by atoms with Gasteiger partial charge in [0, 0.05) is 28.1 Å². The Kier molecular flexibility index (Phi) is 5.82. The molecule has 0 bridgehead atoms. The SMILES string of the molecule is c1ccc(-c2ccc(N(c3ccccc3)c3cccc4c3Oc3ccccc3-c3ccc5ccccc5c3-4)cc2)cc1. The topological polar surface area (TPSA) is 12.5 Å². The molecule has 1 aliphatic heterocycles. The maximum atomic E-state index is 6.94. The zero-order valence-corrected chi connectivity index (χ0v) is 22.9. The second kappa shape index (κ2) is 10.1. The van der Waals surface area contributed by atoms with Crippen LogP contribution in [0.4, 0.5) is 17.1 Å². The van der Waals surface area contributed by atoms with Crippen molar-refractivity contribution in [2.75, 3.05) is 4.90 Å². The summed E-state index contributed by atoms with van der Waals surface area (Å²) in [6.45, 7) is 0. The average molecular weight is 538 g/mol. The Balaban J connectivity index is 1.38. The van der Waals surface area contributed by atoms with Crippen LogP contribution in [0, 0.1) is 0 Å². The fourth-order valence-electron chi connectivity index (χ4n) is 6.12. The van der Waals surface area contributed by atoms with E-state index in [-0.39, 0.29) is 0 Å². The molecule has 1 aliphatic rings. The largest absolute Gasteiger partial charge is 0.454 e. The molecule has 7 aromatic carbocycles. The maximum Gasteiger partial charge on any atom is 0.159 e. The molecule has 2 nitrogen and oxygen atoms in total. The van der Waals surface area contributed by atoms with Crippen LogP contribution in [-0.4, -0.2) is 0 Å². The normalized spacial score (nSPS) is 11.5. The number of nitrogens with zero attached hydrogens (tertiary/aromatic N) is 1. The Morgan fingerprint density at radius 2 is 1.05 bits per heavy atom. The van der Waals surface area contributed by atoms with Crippen LogP contribution in [0.15, 0.2) is 164 Å². The molecule has 0 aliphatic carbocycles. The molecule has 0 atom stereocenters. The van der Waals surface area contributed by atoms with Crippen LogP contribution in [-0.2, 0) is 0 Å².